The summed E-state index contributed by atoms with van der Waals surface area (Å²) in [7, 11) is 1.60. The van der Waals surface area contributed by atoms with Crippen molar-refractivity contribution >= 4 is 24.1 Å². The molecule has 0 saturated heterocycles. The number of hydrogen-bond donors (Lipinski definition) is 4. The number of ether oxygens (including phenoxy) is 1. The molecule has 156 valence electrons. The van der Waals surface area contributed by atoms with Gasteiger partial charge in [0.2, 0.25) is 0 Å². The van der Waals surface area contributed by atoms with E-state index < -0.39 is 12.0 Å². The number of aromatic hydroxyl groups is 1. The highest BCUT2D eigenvalue weighted by Gasteiger charge is 2.27. The first-order valence-corrected chi connectivity index (χ1v) is 9.13. The summed E-state index contributed by atoms with van der Waals surface area (Å²) in [5.74, 6) is -0.307. The van der Waals surface area contributed by atoms with Gasteiger partial charge in [-0.3, -0.25) is 9.59 Å². The molecule has 5 N–H and O–H groups in total. The minimum atomic E-state index is -0.894. The molecule has 2 aromatic rings. The number of ketones is 1. The molecule has 8 heteroatoms. The zero-order valence-corrected chi connectivity index (χ0v) is 16.9. The van der Waals surface area contributed by atoms with Crippen LogP contribution < -0.4 is 15.8 Å². The Morgan fingerprint density at radius 2 is 2.07 bits per heavy atom. The number of carbonyl (C=O) groups excluding carboxylic acids is 2. The number of fused-ring (bicyclic) bond motifs is 1. The number of phenols is 1. The maximum atomic E-state index is 12.7. The lowest BCUT2D eigenvalue weighted by Gasteiger charge is -2.24. The molecule has 7 nitrogen and oxygen atoms in total. The number of hydrogen-bond acceptors (Lipinski definition) is 6. The van der Waals surface area contributed by atoms with Gasteiger partial charge in [-0.1, -0.05) is 6.07 Å². The number of aliphatic hydroxyl groups excluding tert-OH is 1. The lowest BCUT2D eigenvalue weighted by Crippen LogP contribution is -2.34. The summed E-state index contributed by atoms with van der Waals surface area (Å²) in [5.41, 5.74) is 7.37. The van der Waals surface area contributed by atoms with Gasteiger partial charge in [0.15, 0.2) is 5.78 Å². The fourth-order valence-corrected chi connectivity index (χ4v) is 3.49. The molecule has 0 bridgehead atoms. The van der Waals surface area contributed by atoms with Crippen LogP contribution in [0.4, 0.5) is 0 Å². The maximum absolute atomic E-state index is 12.7. The molecule has 1 amide bonds. The minimum Gasteiger partial charge on any atom is -0.507 e. The normalized spacial score (nSPS) is 16.5. The van der Waals surface area contributed by atoms with Crippen LogP contribution in [-0.2, 0) is 6.42 Å². The Balaban J connectivity index is 0.00000300. The van der Waals surface area contributed by atoms with Crippen LogP contribution in [0.2, 0.25) is 0 Å². The number of benzene rings is 2. The number of nitrogens with two attached hydrogens (primary N) is 1. The molecule has 1 aliphatic rings. The Bertz CT molecular complexity index is 903. The van der Waals surface area contributed by atoms with Crippen molar-refractivity contribution in [1.82, 2.24) is 5.32 Å². The van der Waals surface area contributed by atoms with E-state index in [9.17, 15) is 19.8 Å². The van der Waals surface area contributed by atoms with Gasteiger partial charge < -0.3 is 26.0 Å². The van der Waals surface area contributed by atoms with Gasteiger partial charge >= 0.3 is 0 Å². The Morgan fingerprint density at radius 1 is 1.31 bits per heavy atom. The van der Waals surface area contributed by atoms with E-state index in [1.165, 1.54) is 18.2 Å². The fourth-order valence-electron chi connectivity index (χ4n) is 3.49. The van der Waals surface area contributed by atoms with Crippen molar-refractivity contribution < 1.29 is 24.5 Å². The number of methoxy groups -OCH3 is 1. The van der Waals surface area contributed by atoms with Crippen LogP contribution >= 0.6 is 12.4 Å². The SMILES string of the molecule is COc1ccc2c(c1)CCC(CNCC(O)c1ccc(O)c(C(N)=O)c1)C2=O.Cl. The van der Waals surface area contributed by atoms with E-state index in [0.717, 1.165) is 29.7 Å². The molecule has 3 rings (SSSR count). The maximum Gasteiger partial charge on any atom is 0.252 e. The summed E-state index contributed by atoms with van der Waals surface area (Å²) >= 11 is 0. The third-order valence-corrected chi connectivity index (χ3v) is 5.11. The molecule has 0 heterocycles. The Kier molecular flexibility index (Phi) is 7.61. The van der Waals surface area contributed by atoms with Crippen molar-refractivity contribution in [2.24, 2.45) is 11.7 Å². The number of halogens is 1. The first-order valence-electron chi connectivity index (χ1n) is 9.13. The molecule has 2 aromatic carbocycles. The Hall–Kier alpha value is -2.61. The highest BCUT2D eigenvalue weighted by molar-refractivity contribution is 6.00. The quantitative estimate of drug-likeness (QED) is 0.543. The first kappa shape index (κ1) is 22.7. The molecule has 0 radical (unpaired) electrons. The molecule has 29 heavy (non-hydrogen) atoms. The Morgan fingerprint density at radius 3 is 2.76 bits per heavy atom. The van der Waals surface area contributed by atoms with Crippen molar-refractivity contribution in [2.75, 3.05) is 20.2 Å². The van der Waals surface area contributed by atoms with Crippen LogP contribution in [0.3, 0.4) is 0 Å². The average Bonchev–Trinajstić information content (AvgIpc) is 2.69. The third kappa shape index (κ3) is 5.06. The molecule has 0 saturated carbocycles. The largest absolute Gasteiger partial charge is 0.507 e. The molecule has 0 aromatic heterocycles. The summed E-state index contributed by atoms with van der Waals surface area (Å²) in [6, 6.07) is 9.73. The zero-order valence-electron chi connectivity index (χ0n) is 16.1. The molecular formula is C21H25ClN2O5. The monoisotopic (exact) mass is 420 g/mol. The van der Waals surface area contributed by atoms with E-state index in [1.54, 1.807) is 19.2 Å². The van der Waals surface area contributed by atoms with Gasteiger partial charge in [-0.25, -0.2) is 0 Å². The number of amides is 1. The van der Waals surface area contributed by atoms with Crippen molar-refractivity contribution in [3.8, 4) is 11.5 Å². The molecular weight excluding hydrogens is 396 g/mol. The van der Waals surface area contributed by atoms with E-state index in [0.29, 0.717) is 12.1 Å². The second kappa shape index (κ2) is 9.73. The zero-order chi connectivity index (χ0) is 20.3. The second-order valence-corrected chi connectivity index (χ2v) is 6.94. The van der Waals surface area contributed by atoms with E-state index in [2.05, 4.69) is 5.32 Å². The van der Waals surface area contributed by atoms with Crippen molar-refractivity contribution in [2.45, 2.75) is 18.9 Å². The Labute approximate surface area is 175 Å². The van der Waals surface area contributed by atoms with Crippen LogP contribution in [0.5, 0.6) is 11.5 Å². The van der Waals surface area contributed by atoms with Crippen LogP contribution in [0.15, 0.2) is 36.4 Å². The van der Waals surface area contributed by atoms with E-state index in [-0.39, 0.29) is 42.0 Å². The number of carbonyl (C=O) groups is 2. The first-order chi connectivity index (χ1) is 13.4. The minimum absolute atomic E-state index is 0. The average molecular weight is 421 g/mol. The molecule has 2 unspecified atom stereocenters. The fraction of sp³-hybridized carbons (Fsp3) is 0.333. The predicted molar refractivity (Wildman–Crippen MR) is 111 cm³/mol. The number of Topliss-reactive ketones (excluding diaryl/α,β-unsaturated/α-hetero) is 1. The van der Waals surface area contributed by atoms with Crippen LogP contribution in [0.25, 0.3) is 0 Å². The summed E-state index contributed by atoms with van der Waals surface area (Å²) in [5, 5.41) is 23.1. The molecule has 0 spiro atoms. The summed E-state index contributed by atoms with van der Waals surface area (Å²) in [6.07, 6.45) is 0.634. The lowest BCUT2D eigenvalue weighted by molar-refractivity contribution is 0.0894. The lowest BCUT2D eigenvalue weighted by atomic mass is 9.82. The smallest absolute Gasteiger partial charge is 0.252 e. The van der Waals surface area contributed by atoms with Crippen molar-refractivity contribution in [3.63, 3.8) is 0 Å². The molecule has 2 atom stereocenters. The van der Waals surface area contributed by atoms with Gasteiger partial charge in [-0.15, -0.1) is 12.4 Å². The summed E-state index contributed by atoms with van der Waals surface area (Å²) in [6.45, 7) is 0.657. The number of nitrogens with one attached hydrogen (secondary N) is 1. The van der Waals surface area contributed by atoms with E-state index in [4.69, 9.17) is 10.5 Å². The number of primary amides is 1. The van der Waals surface area contributed by atoms with Crippen molar-refractivity contribution in [3.05, 3.63) is 58.7 Å². The molecule has 0 fully saturated rings. The predicted octanol–water partition coefficient (Wildman–Crippen LogP) is 1.99. The van der Waals surface area contributed by atoms with Gasteiger partial charge in [-0.05, 0) is 54.3 Å². The second-order valence-electron chi connectivity index (χ2n) is 6.94. The van der Waals surface area contributed by atoms with Crippen LogP contribution in [-0.4, -0.2) is 42.1 Å². The molecule has 1 aliphatic carbocycles. The number of aliphatic hydroxyl groups is 1. The summed E-state index contributed by atoms with van der Waals surface area (Å²) in [4.78, 5) is 24.0. The van der Waals surface area contributed by atoms with Gasteiger partial charge in [0.05, 0.1) is 18.8 Å². The van der Waals surface area contributed by atoms with Gasteiger partial charge in [0, 0.05) is 24.6 Å². The van der Waals surface area contributed by atoms with Crippen LogP contribution in [0.1, 0.15) is 44.4 Å². The van der Waals surface area contributed by atoms with E-state index >= 15 is 0 Å². The number of aryl methyl sites for hydroxylation is 1. The standard InChI is InChI=1S/C21H24N2O5.ClH/c1-28-15-5-6-16-12(8-15)2-3-14(20(16)26)10-23-11-19(25)13-4-7-18(24)17(9-13)21(22)27;/h4-9,14,19,23-25H,2-3,10-11H2,1H3,(H2,22,27);1H. The molecule has 0 aliphatic heterocycles. The van der Waals surface area contributed by atoms with Crippen molar-refractivity contribution in [1.29, 1.82) is 0 Å². The van der Waals surface area contributed by atoms with Gasteiger partial charge in [0.25, 0.3) is 5.91 Å². The third-order valence-electron chi connectivity index (χ3n) is 5.11. The number of rotatable bonds is 7. The van der Waals surface area contributed by atoms with Crippen LogP contribution in [0, 0.1) is 5.92 Å². The summed E-state index contributed by atoms with van der Waals surface area (Å²) < 4.78 is 5.21. The van der Waals surface area contributed by atoms with Gasteiger partial charge in [0.1, 0.15) is 11.5 Å². The topological polar surface area (TPSA) is 122 Å². The van der Waals surface area contributed by atoms with E-state index in [1.807, 2.05) is 6.07 Å². The van der Waals surface area contributed by atoms with Gasteiger partial charge in [-0.2, -0.15) is 0 Å². The highest BCUT2D eigenvalue weighted by atomic mass is 35.5. The highest BCUT2D eigenvalue weighted by Crippen LogP contribution is 2.28.